The Balaban J connectivity index is 1.71. The van der Waals surface area contributed by atoms with Crippen LogP contribution in [0.1, 0.15) is 37.3 Å². The largest absolute Gasteiger partial charge is 0.507 e. The van der Waals surface area contributed by atoms with Crippen LogP contribution in [0.3, 0.4) is 0 Å². The normalized spacial score (nSPS) is 24.2. The van der Waals surface area contributed by atoms with Crippen molar-refractivity contribution in [3.05, 3.63) is 77.9 Å². The minimum atomic E-state index is -1.77. The number of anilines is 1. The second-order valence-electron chi connectivity index (χ2n) is 9.41. The van der Waals surface area contributed by atoms with Gasteiger partial charge < -0.3 is 24.4 Å². The summed E-state index contributed by atoms with van der Waals surface area (Å²) in [5.41, 5.74) is -0.537. The maximum atomic E-state index is 14.3. The minimum Gasteiger partial charge on any atom is -0.507 e. The number of ether oxygens (including phenoxy) is 2. The van der Waals surface area contributed by atoms with E-state index in [4.69, 9.17) is 9.47 Å². The van der Waals surface area contributed by atoms with Gasteiger partial charge in [-0.2, -0.15) is 0 Å². The second-order valence-corrected chi connectivity index (χ2v) is 9.41. The predicted octanol–water partition coefficient (Wildman–Crippen LogP) is 3.76. The lowest BCUT2D eigenvalue weighted by molar-refractivity contribution is -0.145. The van der Waals surface area contributed by atoms with Gasteiger partial charge in [0.2, 0.25) is 0 Å². The van der Waals surface area contributed by atoms with Gasteiger partial charge in [-0.1, -0.05) is 37.8 Å². The maximum Gasteiger partial charge on any atom is 0.296 e. The SMILES string of the molecule is C=CCOc1ccc(C(O)=C2C(=O)C(=O)N(C[C@H]3CCCO3)[C@@]23C(=O)N(CCC)c2ccccc23)cc1. The molecule has 5 rings (SSSR count). The zero-order valence-electron chi connectivity index (χ0n) is 20.8. The molecule has 2 saturated heterocycles. The van der Waals surface area contributed by atoms with Crippen LogP contribution < -0.4 is 9.64 Å². The number of aliphatic hydroxyl groups is 1. The molecule has 192 valence electrons. The summed E-state index contributed by atoms with van der Waals surface area (Å²) in [6, 6.07) is 13.7. The zero-order chi connectivity index (χ0) is 26.2. The Morgan fingerprint density at radius 2 is 1.95 bits per heavy atom. The second kappa shape index (κ2) is 9.86. The number of benzene rings is 2. The van der Waals surface area contributed by atoms with E-state index in [-0.39, 0.29) is 18.2 Å². The molecular formula is C29H30N2O6. The van der Waals surface area contributed by atoms with Gasteiger partial charge in [-0.25, -0.2) is 0 Å². The molecular weight excluding hydrogens is 472 g/mol. The number of hydrogen-bond donors (Lipinski definition) is 1. The molecule has 2 atom stereocenters. The van der Waals surface area contributed by atoms with Gasteiger partial charge in [0.15, 0.2) is 5.54 Å². The summed E-state index contributed by atoms with van der Waals surface area (Å²) in [5, 5.41) is 11.6. The van der Waals surface area contributed by atoms with Crippen molar-refractivity contribution in [1.29, 1.82) is 0 Å². The highest BCUT2D eigenvalue weighted by Crippen LogP contribution is 2.53. The van der Waals surface area contributed by atoms with E-state index < -0.39 is 28.9 Å². The van der Waals surface area contributed by atoms with Crippen LogP contribution in [0.15, 0.2) is 66.8 Å². The zero-order valence-corrected chi connectivity index (χ0v) is 20.8. The van der Waals surface area contributed by atoms with Crippen LogP contribution in [-0.2, 0) is 24.7 Å². The Morgan fingerprint density at radius 1 is 1.19 bits per heavy atom. The molecule has 37 heavy (non-hydrogen) atoms. The van der Waals surface area contributed by atoms with E-state index in [9.17, 15) is 19.5 Å². The van der Waals surface area contributed by atoms with Crippen molar-refractivity contribution < 1.29 is 29.0 Å². The number of aliphatic hydroxyl groups excluding tert-OH is 1. The molecule has 0 aromatic heterocycles. The monoisotopic (exact) mass is 502 g/mol. The Bertz CT molecular complexity index is 1280. The molecule has 1 spiro atoms. The van der Waals surface area contributed by atoms with Crippen LogP contribution >= 0.6 is 0 Å². The van der Waals surface area contributed by atoms with Crippen molar-refractivity contribution in [2.45, 2.75) is 37.8 Å². The number of ketones is 1. The Morgan fingerprint density at radius 3 is 2.62 bits per heavy atom. The van der Waals surface area contributed by atoms with Gasteiger partial charge in [-0.3, -0.25) is 14.4 Å². The lowest BCUT2D eigenvalue weighted by Gasteiger charge is -2.35. The number of rotatable bonds is 8. The fourth-order valence-electron chi connectivity index (χ4n) is 5.56. The van der Waals surface area contributed by atoms with E-state index in [1.165, 1.54) is 4.90 Å². The van der Waals surface area contributed by atoms with Crippen LogP contribution in [-0.4, -0.2) is 60.0 Å². The van der Waals surface area contributed by atoms with E-state index >= 15 is 0 Å². The van der Waals surface area contributed by atoms with Crippen LogP contribution in [0.2, 0.25) is 0 Å². The molecule has 0 aliphatic carbocycles. The average molecular weight is 503 g/mol. The molecule has 2 amide bonds. The third-order valence-electron chi connectivity index (χ3n) is 7.16. The van der Waals surface area contributed by atoms with Crippen molar-refractivity contribution in [2.75, 3.05) is 31.2 Å². The molecule has 2 aromatic rings. The number of carbonyl (C=O) groups is 3. The van der Waals surface area contributed by atoms with Crippen LogP contribution in [0.25, 0.3) is 5.76 Å². The van der Waals surface area contributed by atoms with E-state index in [0.717, 1.165) is 12.8 Å². The summed E-state index contributed by atoms with van der Waals surface area (Å²) < 4.78 is 11.3. The fourth-order valence-corrected chi connectivity index (χ4v) is 5.56. The molecule has 0 unspecified atom stereocenters. The molecule has 8 nitrogen and oxygen atoms in total. The molecule has 3 aliphatic rings. The summed E-state index contributed by atoms with van der Waals surface area (Å²) in [5.74, 6) is -1.96. The quantitative estimate of drug-likeness (QED) is 0.256. The first-order valence-electron chi connectivity index (χ1n) is 12.6. The van der Waals surface area contributed by atoms with Crippen molar-refractivity contribution in [1.82, 2.24) is 4.90 Å². The van der Waals surface area contributed by atoms with E-state index in [0.29, 0.717) is 48.7 Å². The summed E-state index contributed by atoms with van der Waals surface area (Å²) >= 11 is 0. The minimum absolute atomic E-state index is 0.0791. The third-order valence-corrected chi connectivity index (χ3v) is 7.16. The van der Waals surface area contributed by atoms with Gasteiger partial charge in [-0.05, 0) is 49.6 Å². The smallest absolute Gasteiger partial charge is 0.296 e. The number of Topliss-reactive ketones (excluding diaryl/α,β-unsaturated/α-hetero) is 1. The molecule has 3 aliphatic heterocycles. The maximum absolute atomic E-state index is 14.3. The molecule has 2 aromatic carbocycles. The number of hydrogen-bond acceptors (Lipinski definition) is 6. The van der Waals surface area contributed by atoms with E-state index in [1.807, 2.05) is 19.1 Å². The Hall–Kier alpha value is -3.91. The lowest BCUT2D eigenvalue weighted by Crippen LogP contribution is -2.53. The van der Waals surface area contributed by atoms with Crippen LogP contribution in [0.4, 0.5) is 5.69 Å². The standard InChI is InChI=1S/C29H30N2O6/c1-3-15-30-23-10-6-5-9-22(23)29(28(30)35)24(25(32)19-11-13-20(14-12-19)36-16-4-2)26(33)27(34)31(29)18-21-8-7-17-37-21/h4-6,9-14,21,32H,2-3,7-8,15-18H2,1H3/t21-,29-/m1/s1. The van der Waals surface area contributed by atoms with Gasteiger partial charge in [0.05, 0.1) is 17.4 Å². The molecule has 8 heteroatoms. The summed E-state index contributed by atoms with van der Waals surface area (Å²) in [6.07, 6.45) is 3.57. The summed E-state index contributed by atoms with van der Waals surface area (Å²) in [7, 11) is 0. The third kappa shape index (κ3) is 3.83. The number of likely N-dealkylation sites (tertiary alicyclic amines) is 1. The van der Waals surface area contributed by atoms with Crippen LogP contribution in [0.5, 0.6) is 5.75 Å². The van der Waals surface area contributed by atoms with E-state index in [1.54, 1.807) is 47.4 Å². The van der Waals surface area contributed by atoms with Gasteiger partial charge in [0.1, 0.15) is 18.1 Å². The van der Waals surface area contributed by atoms with Gasteiger partial charge in [0, 0.05) is 30.8 Å². The van der Waals surface area contributed by atoms with E-state index in [2.05, 4.69) is 6.58 Å². The van der Waals surface area contributed by atoms with Crippen molar-refractivity contribution >= 4 is 29.0 Å². The number of para-hydroxylation sites is 1. The molecule has 1 N–H and O–H groups in total. The molecule has 2 fully saturated rings. The summed E-state index contributed by atoms with van der Waals surface area (Å²) in [6.45, 7) is 6.96. The van der Waals surface area contributed by atoms with Gasteiger partial charge >= 0.3 is 0 Å². The first kappa shape index (κ1) is 24.8. The molecule has 0 radical (unpaired) electrons. The Labute approximate surface area is 215 Å². The first-order valence-corrected chi connectivity index (χ1v) is 12.6. The first-order chi connectivity index (χ1) is 17.9. The van der Waals surface area contributed by atoms with Gasteiger partial charge in [-0.15, -0.1) is 0 Å². The van der Waals surface area contributed by atoms with Crippen molar-refractivity contribution in [3.63, 3.8) is 0 Å². The fraction of sp³-hybridized carbons (Fsp3) is 0.345. The number of amides is 2. The number of nitrogens with zero attached hydrogens (tertiary/aromatic N) is 2. The highest BCUT2D eigenvalue weighted by atomic mass is 16.5. The van der Waals surface area contributed by atoms with Crippen molar-refractivity contribution in [2.24, 2.45) is 0 Å². The average Bonchev–Trinajstić information content (AvgIpc) is 3.57. The van der Waals surface area contributed by atoms with Gasteiger partial charge in [0.25, 0.3) is 17.6 Å². The number of carbonyl (C=O) groups excluding carboxylic acids is 3. The molecule has 3 heterocycles. The summed E-state index contributed by atoms with van der Waals surface area (Å²) in [4.78, 5) is 44.5. The lowest BCUT2D eigenvalue weighted by atomic mass is 9.81. The van der Waals surface area contributed by atoms with Crippen molar-refractivity contribution in [3.8, 4) is 5.75 Å². The Kier molecular flexibility index (Phi) is 6.60. The number of fused-ring (bicyclic) bond motifs is 2. The molecule has 0 saturated carbocycles. The topological polar surface area (TPSA) is 96.4 Å². The highest BCUT2D eigenvalue weighted by molar-refractivity contribution is 6.50. The highest BCUT2D eigenvalue weighted by Gasteiger charge is 2.67. The van der Waals surface area contributed by atoms with Crippen LogP contribution in [0, 0.1) is 0 Å². The predicted molar refractivity (Wildman–Crippen MR) is 138 cm³/mol. The molecule has 0 bridgehead atoms.